The van der Waals surface area contributed by atoms with Gasteiger partial charge in [0, 0.05) is 0 Å². The van der Waals surface area contributed by atoms with Gasteiger partial charge in [0.25, 0.3) is 0 Å². The summed E-state index contributed by atoms with van der Waals surface area (Å²) in [4.78, 5) is 11.3. The van der Waals surface area contributed by atoms with Gasteiger partial charge in [-0.2, -0.15) is 22.0 Å². The van der Waals surface area contributed by atoms with Crippen LogP contribution < -0.4 is 0 Å². The molecule has 1 heterocycles. The van der Waals surface area contributed by atoms with E-state index in [2.05, 4.69) is 0 Å². The number of hydrogen-bond acceptors (Lipinski definition) is 2. The number of amides is 1. The standard InChI is InChI=1S/C9H10F5NO2/c10-8(11,9(12,13)14)6(16)15-3-7(17,4-15)5-1-2-5/h5,17H,1-4H2. The van der Waals surface area contributed by atoms with Gasteiger partial charge in [0.15, 0.2) is 0 Å². The Kier molecular flexibility index (Phi) is 2.44. The van der Waals surface area contributed by atoms with Crippen LogP contribution in [-0.4, -0.2) is 46.7 Å². The molecule has 1 aliphatic carbocycles. The lowest BCUT2D eigenvalue weighted by Crippen LogP contribution is -2.68. The molecule has 0 radical (unpaired) electrons. The second-order valence-electron chi connectivity index (χ2n) is 4.61. The van der Waals surface area contributed by atoms with Crippen LogP contribution in [0, 0.1) is 5.92 Å². The maximum atomic E-state index is 12.7. The number of hydrogen-bond donors (Lipinski definition) is 1. The van der Waals surface area contributed by atoms with E-state index in [0.29, 0.717) is 17.7 Å². The highest BCUT2D eigenvalue weighted by Crippen LogP contribution is 2.46. The number of rotatable bonds is 2. The van der Waals surface area contributed by atoms with Crippen LogP contribution in [0.25, 0.3) is 0 Å². The van der Waals surface area contributed by atoms with E-state index >= 15 is 0 Å². The molecule has 8 heteroatoms. The molecule has 0 bridgehead atoms. The van der Waals surface area contributed by atoms with Gasteiger partial charge in [-0.1, -0.05) is 0 Å². The number of β-amino-alcohol motifs (C(OH)–C–C–N with tert-alkyl or cyclic N) is 1. The highest BCUT2D eigenvalue weighted by molar-refractivity contribution is 5.85. The number of alkyl halides is 5. The topological polar surface area (TPSA) is 40.5 Å². The van der Waals surface area contributed by atoms with Crippen molar-refractivity contribution in [3.63, 3.8) is 0 Å². The van der Waals surface area contributed by atoms with Crippen LogP contribution in [0.15, 0.2) is 0 Å². The first-order chi connectivity index (χ1) is 7.58. The van der Waals surface area contributed by atoms with Gasteiger partial charge in [-0.05, 0) is 18.8 Å². The zero-order valence-electron chi connectivity index (χ0n) is 8.60. The fraction of sp³-hybridized carbons (Fsp3) is 0.889. The van der Waals surface area contributed by atoms with Gasteiger partial charge in [-0.15, -0.1) is 0 Å². The Morgan fingerprint density at radius 2 is 1.65 bits per heavy atom. The van der Waals surface area contributed by atoms with Crippen LogP contribution in [0.2, 0.25) is 0 Å². The fourth-order valence-corrected chi connectivity index (χ4v) is 1.96. The van der Waals surface area contributed by atoms with E-state index in [9.17, 15) is 31.9 Å². The Bertz CT molecular complexity index is 344. The van der Waals surface area contributed by atoms with Gasteiger partial charge >= 0.3 is 18.0 Å². The minimum absolute atomic E-state index is 0.0777. The van der Waals surface area contributed by atoms with E-state index in [-0.39, 0.29) is 5.92 Å². The molecular formula is C9H10F5NO2. The maximum Gasteiger partial charge on any atom is 0.463 e. The molecule has 0 spiro atoms. The zero-order chi connectivity index (χ0) is 13.1. The highest BCUT2D eigenvalue weighted by Gasteiger charge is 2.67. The van der Waals surface area contributed by atoms with Crippen LogP contribution in [0.4, 0.5) is 22.0 Å². The number of nitrogens with zero attached hydrogens (tertiary/aromatic N) is 1. The smallest absolute Gasteiger partial charge is 0.386 e. The normalized spacial score (nSPS) is 24.5. The van der Waals surface area contributed by atoms with Crippen molar-refractivity contribution in [2.24, 2.45) is 5.92 Å². The van der Waals surface area contributed by atoms with Gasteiger partial charge in [-0.3, -0.25) is 4.79 Å². The van der Waals surface area contributed by atoms with E-state index in [1.807, 2.05) is 0 Å². The van der Waals surface area contributed by atoms with E-state index in [1.54, 1.807) is 0 Å². The van der Waals surface area contributed by atoms with Crippen molar-refractivity contribution >= 4 is 5.91 Å². The largest absolute Gasteiger partial charge is 0.463 e. The summed E-state index contributed by atoms with van der Waals surface area (Å²) in [6.45, 7) is -0.885. The monoisotopic (exact) mass is 259 g/mol. The van der Waals surface area contributed by atoms with Crippen molar-refractivity contribution in [1.29, 1.82) is 0 Å². The first kappa shape index (κ1) is 12.5. The first-order valence-electron chi connectivity index (χ1n) is 5.04. The summed E-state index contributed by atoms with van der Waals surface area (Å²) in [5.41, 5.74) is -1.27. The second-order valence-corrected chi connectivity index (χ2v) is 4.61. The van der Waals surface area contributed by atoms with E-state index in [4.69, 9.17) is 0 Å². The van der Waals surface area contributed by atoms with E-state index < -0.39 is 36.7 Å². The molecule has 0 atom stereocenters. The summed E-state index contributed by atoms with van der Waals surface area (Å²) in [5, 5.41) is 9.72. The minimum atomic E-state index is -5.89. The number of carbonyl (C=O) groups excluding carboxylic acids is 1. The second kappa shape index (κ2) is 3.30. The van der Waals surface area contributed by atoms with Crippen LogP contribution in [0.5, 0.6) is 0 Å². The van der Waals surface area contributed by atoms with Crippen LogP contribution in [0.3, 0.4) is 0 Å². The Morgan fingerprint density at radius 1 is 1.18 bits per heavy atom. The third kappa shape index (κ3) is 1.88. The zero-order valence-corrected chi connectivity index (χ0v) is 8.60. The summed E-state index contributed by atoms with van der Waals surface area (Å²) in [7, 11) is 0. The lowest BCUT2D eigenvalue weighted by atomic mass is 9.88. The molecule has 0 aromatic heterocycles. The van der Waals surface area contributed by atoms with Crippen LogP contribution in [0.1, 0.15) is 12.8 Å². The van der Waals surface area contributed by atoms with Crippen molar-refractivity contribution in [3.8, 4) is 0 Å². The molecule has 98 valence electrons. The number of aliphatic hydroxyl groups is 1. The van der Waals surface area contributed by atoms with Gasteiger partial charge in [0.2, 0.25) is 0 Å². The van der Waals surface area contributed by atoms with Crippen LogP contribution >= 0.6 is 0 Å². The average Bonchev–Trinajstić information content (AvgIpc) is 2.92. The fourth-order valence-electron chi connectivity index (χ4n) is 1.96. The Labute approximate surface area is 93.2 Å². The SMILES string of the molecule is O=C(N1CC(O)(C2CC2)C1)C(F)(F)C(F)(F)F. The molecule has 0 unspecified atom stereocenters. The number of halogens is 5. The number of carbonyl (C=O) groups is 1. The molecule has 2 aliphatic rings. The van der Waals surface area contributed by atoms with E-state index in [1.165, 1.54) is 0 Å². The van der Waals surface area contributed by atoms with Crippen molar-refractivity contribution < 1.29 is 31.9 Å². The molecule has 1 saturated carbocycles. The predicted molar refractivity (Wildman–Crippen MR) is 45.3 cm³/mol. The molecule has 0 aromatic rings. The summed E-state index contributed by atoms with van der Waals surface area (Å²) in [5.74, 6) is -7.74. The maximum absolute atomic E-state index is 12.7. The Hall–Kier alpha value is -0.920. The van der Waals surface area contributed by atoms with Crippen molar-refractivity contribution in [1.82, 2.24) is 4.90 Å². The molecular weight excluding hydrogens is 249 g/mol. The molecule has 2 rings (SSSR count). The van der Waals surface area contributed by atoms with Crippen molar-refractivity contribution in [2.75, 3.05) is 13.1 Å². The lowest BCUT2D eigenvalue weighted by Gasteiger charge is -2.47. The van der Waals surface area contributed by atoms with Crippen molar-refractivity contribution in [3.05, 3.63) is 0 Å². The van der Waals surface area contributed by atoms with Crippen molar-refractivity contribution in [2.45, 2.75) is 30.5 Å². The lowest BCUT2D eigenvalue weighted by molar-refractivity contribution is -0.279. The molecule has 1 amide bonds. The Morgan fingerprint density at radius 3 is 2.00 bits per heavy atom. The summed E-state index contributed by atoms with van der Waals surface area (Å²) in [6.07, 6.45) is -4.46. The predicted octanol–water partition coefficient (Wildman–Crippen LogP) is 1.17. The molecule has 0 aromatic carbocycles. The Balaban J connectivity index is 1.99. The molecule has 2 fully saturated rings. The average molecular weight is 259 g/mol. The molecule has 1 aliphatic heterocycles. The minimum Gasteiger partial charge on any atom is -0.386 e. The highest BCUT2D eigenvalue weighted by atomic mass is 19.4. The summed E-state index contributed by atoms with van der Waals surface area (Å²) < 4.78 is 61.1. The van der Waals surface area contributed by atoms with Gasteiger partial charge in [-0.25, -0.2) is 0 Å². The van der Waals surface area contributed by atoms with Gasteiger partial charge < -0.3 is 10.0 Å². The van der Waals surface area contributed by atoms with Gasteiger partial charge in [0.1, 0.15) is 5.60 Å². The van der Waals surface area contributed by atoms with Gasteiger partial charge in [0.05, 0.1) is 13.1 Å². The van der Waals surface area contributed by atoms with Crippen LogP contribution in [-0.2, 0) is 4.79 Å². The first-order valence-corrected chi connectivity index (χ1v) is 5.04. The summed E-state index contributed by atoms with van der Waals surface area (Å²) in [6, 6.07) is 0. The third-order valence-electron chi connectivity index (χ3n) is 3.18. The van der Waals surface area contributed by atoms with E-state index in [0.717, 1.165) is 0 Å². The number of likely N-dealkylation sites (tertiary alicyclic amines) is 1. The quantitative estimate of drug-likeness (QED) is 0.756. The molecule has 17 heavy (non-hydrogen) atoms. The summed E-state index contributed by atoms with van der Waals surface area (Å²) >= 11 is 0. The molecule has 3 nitrogen and oxygen atoms in total. The third-order valence-corrected chi connectivity index (χ3v) is 3.18. The molecule has 1 N–H and O–H groups in total. The molecule has 1 saturated heterocycles.